The van der Waals surface area contributed by atoms with Crippen molar-refractivity contribution in [2.45, 2.75) is 33.3 Å². The molecule has 0 aromatic carbocycles. The molecular formula is C12H15ClN4O. The molecule has 96 valence electrons. The summed E-state index contributed by atoms with van der Waals surface area (Å²) in [4.78, 5) is 8.18. The highest BCUT2D eigenvalue weighted by molar-refractivity contribution is 6.30. The van der Waals surface area contributed by atoms with Gasteiger partial charge in [-0.1, -0.05) is 24.9 Å². The Balaban J connectivity index is 2.51. The molecule has 0 saturated heterocycles. The molecule has 0 amide bonds. The molecule has 0 atom stereocenters. The van der Waals surface area contributed by atoms with Crippen LogP contribution in [0, 0.1) is 6.92 Å². The van der Waals surface area contributed by atoms with Crippen molar-refractivity contribution in [3.05, 3.63) is 34.5 Å². The van der Waals surface area contributed by atoms with E-state index in [1.165, 1.54) is 6.33 Å². The van der Waals surface area contributed by atoms with Crippen molar-refractivity contribution in [1.82, 2.24) is 19.7 Å². The predicted octanol–water partition coefficient (Wildman–Crippen LogP) is 2.07. The van der Waals surface area contributed by atoms with Crippen molar-refractivity contribution < 1.29 is 5.11 Å². The Bertz CT molecular complexity index is 553. The molecular weight excluding hydrogens is 252 g/mol. The topological polar surface area (TPSA) is 63.8 Å². The lowest BCUT2D eigenvalue weighted by Gasteiger charge is -2.02. The normalized spacial score (nSPS) is 10.9. The van der Waals surface area contributed by atoms with Crippen molar-refractivity contribution >= 4 is 11.6 Å². The first-order chi connectivity index (χ1) is 8.67. The lowest BCUT2D eigenvalue weighted by molar-refractivity contribution is 0.280. The number of aromatic nitrogens is 4. The number of aliphatic hydroxyl groups excluding tert-OH is 1. The van der Waals surface area contributed by atoms with E-state index in [0.717, 1.165) is 24.2 Å². The Morgan fingerprint density at radius 3 is 2.78 bits per heavy atom. The smallest absolute Gasteiger partial charge is 0.158 e. The molecule has 2 heterocycles. The summed E-state index contributed by atoms with van der Waals surface area (Å²) >= 11 is 6.23. The van der Waals surface area contributed by atoms with E-state index < -0.39 is 0 Å². The van der Waals surface area contributed by atoms with Crippen LogP contribution in [-0.4, -0.2) is 24.9 Å². The van der Waals surface area contributed by atoms with Gasteiger partial charge >= 0.3 is 0 Å². The maximum absolute atomic E-state index is 9.37. The summed E-state index contributed by atoms with van der Waals surface area (Å²) in [6, 6.07) is 1.80. The molecule has 5 nitrogen and oxygen atoms in total. The average molecular weight is 267 g/mol. The second-order valence-corrected chi connectivity index (χ2v) is 4.41. The van der Waals surface area contributed by atoms with E-state index in [1.807, 2.05) is 6.92 Å². The molecule has 0 unspecified atom stereocenters. The molecule has 0 aliphatic heterocycles. The number of aliphatic hydroxyl groups is 1. The van der Waals surface area contributed by atoms with Crippen molar-refractivity contribution in [2.24, 2.45) is 0 Å². The summed E-state index contributed by atoms with van der Waals surface area (Å²) in [5.41, 5.74) is 2.34. The summed E-state index contributed by atoms with van der Waals surface area (Å²) in [6.07, 6.45) is 3.20. The van der Waals surface area contributed by atoms with Gasteiger partial charge in [0.05, 0.1) is 12.3 Å². The van der Waals surface area contributed by atoms with E-state index in [2.05, 4.69) is 22.0 Å². The van der Waals surface area contributed by atoms with Gasteiger partial charge in [0, 0.05) is 17.3 Å². The first kappa shape index (κ1) is 13.0. The van der Waals surface area contributed by atoms with Crippen LogP contribution in [0.4, 0.5) is 0 Å². The van der Waals surface area contributed by atoms with E-state index in [1.54, 1.807) is 10.7 Å². The second-order valence-electron chi connectivity index (χ2n) is 4.05. The van der Waals surface area contributed by atoms with E-state index in [-0.39, 0.29) is 6.61 Å². The Hall–Kier alpha value is -1.46. The fourth-order valence-corrected chi connectivity index (χ4v) is 2.07. The Morgan fingerprint density at radius 1 is 1.39 bits per heavy atom. The zero-order valence-electron chi connectivity index (χ0n) is 10.4. The van der Waals surface area contributed by atoms with Crippen molar-refractivity contribution in [3.63, 3.8) is 0 Å². The quantitative estimate of drug-likeness (QED) is 0.920. The molecule has 0 saturated carbocycles. The maximum atomic E-state index is 9.37. The first-order valence-electron chi connectivity index (χ1n) is 5.83. The molecule has 2 rings (SSSR count). The number of halogens is 1. The summed E-state index contributed by atoms with van der Waals surface area (Å²) in [6.45, 7) is 3.82. The maximum Gasteiger partial charge on any atom is 0.158 e. The van der Waals surface area contributed by atoms with Crippen LogP contribution in [0.15, 0.2) is 12.4 Å². The molecule has 1 N–H and O–H groups in total. The molecule has 0 spiro atoms. The number of aryl methyl sites for hydroxylation is 2. The largest absolute Gasteiger partial charge is 0.391 e. The van der Waals surface area contributed by atoms with Crippen LogP contribution in [0.1, 0.15) is 30.3 Å². The van der Waals surface area contributed by atoms with Gasteiger partial charge < -0.3 is 5.11 Å². The van der Waals surface area contributed by atoms with Crippen LogP contribution in [-0.2, 0) is 13.0 Å². The van der Waals surface area contributed by atoms with E-state index in [4.69, 9.17) is 11.6 Å². The summed E-state index contributed by atoms with van der Waals surface area (Å²) < 4.78 is 1.55. The highest BCUT2D eigenvalue weighted by Crippen LogP contribution is 2.24. The first-order valence-corrected chi connectivity index (χ1v) is 6.21. The fourth-order valence-electron chi connectivity index (χ4n) is 1.77. The van der Waals surface area contributed by atoms with Crippen molar-refractivity contribution in [3.8, 4) is 5.82 Å². The molecule has 0 aliphatic rings. The number of hydrogen-bond acceptors (Lipinski definition) is 4. The lowest BCUT2D eigenvalue weighted by Crippen LogP contribution is -2.01. The van der Waals surface area contributed by atoms with E-state index in [9.17, 15) is 5.11 Å². The van der Waals surface area contributed by atoms with Crippen LogP contribution >= 0.6 is 11.6 Å². The van der Waals surface area contributed by atoms with Gasteiger partial charge in [0.1, 0.15) is 11.5 Å². The molecule has 0 aliphatic carbocycles. The Morgan fingerprint density at radius 2 is 2.17 bits per heavy atom. The van der Waals surface area contributed by atoms with Gasteiger partial charge in [-0.3, -0.25) is 0 Å². The van der Waals surface area contributed by atoms with Crippen LogP contribution < -0.4 is 0 Å². The van der Waals surface area contributed by atoms with Gasteiger partial charge in [0.2, 0.25) is 0 Å². The van der Waals surface area contributed by atoms with Crippen LogP contribution in [0.2, 0.25) is 5.15 Å². The van der Waals surface area contributed by atoms with Gasteiger partial charge in [0.15, 0.2) is 5.82 Å². The molecule has 18 heavy (non-hydrogen) atoms. The molecule has 6 heteroatoms. The molecule has 0 bridgehead atoms. The Kier molecular flexibility index (Phi) is 3.93. The van der Waals surface area contributed by atoms with E-state index in [0.29, 0.717) is 16.5 Å². The van der Waals surface area contributed by atoms with Gasteiger partial charge in [-0.15, -0.1) is 0 Å². The highest BCUT2D eigenvalue weighted by Gasteiger charge is 2.16. The summed E-state index contributed by atoms with van der Waals surface area (Å²) in [5, 5.41) is 14.2. The lowest BCUT2D eigenvalue weighted by atomic mass is 10.2. The highest BCUT2D eigenvalue weighted by atomic mass is 35.5. The number of nitrogens with zero attached hydrogens (tertiary/aromatic N) is 4. The minimum Gasteiger partial charge on any atom is -0.391 e. The molecule has 0 radical (unpaired) electrons. The minimum atomic E-state index is -0.113. The average Bonchev–Trinajstić information content (AvgIpc) is 2.66. The third-order valence-electron chi connectivity index (χ3n) is 2.66. The van der Waals surface area contributed by atoms with Crippen molar-refractivity contribution in [2.75, 3.05) is 0 Å². The third kappa shape index (κ3) is 2.37. The zero-order valence-corrected chi connectivity index (χ0v) is 11.1. The number of rotatable bonds is 4. The zero-order chi connectivity index (χ0) is 13.1. The Labute approximate surface area is 110 Å². The monoisotopic (exact) mass is 266 g/mol. The minimum absolute atomic E-state index is 0.113. The molecule has 2 aromatic heterocycles. The summed E-state index contributed by atoms with van der Waals surface area (Å²) in [7, 11) is 0. The SMILES string of the molecule is CCCc1nn(-c2cc(C)ncn2)c(Cl)c1CO. The predicted molar refractivity (Wildman–Crippen MR) is 68.8 cm³/mol. The number of hydrogen-bond donors (Lipinski definition) is 1. The summed E-state index contributed by atoms with van der Waals surface area (Å²) in [5.74, 6) is 0.615. The fraction of sp³-hybridized carbons (Fsp3) is 0.417. The van der Waals surface area contributed by atoms with Gasteiger partial charge in [-0.05, 0) is 13.3 Å². The molecule has 0 fully saturated rings. The van der Waals surface area contributed by atoms with E-state index >= 15 is 0 Å². The van der Waals surface area contributed by atoms with Gasteiger partial charge in [-0.25, -0.2) is 14.6 Å². The van der Waals surface area contributed by atoms with Crippen LogP contribution in [0.3, 0.4) is 0 Å². The van der Waals surface area contributed by atoms with Gasteiger partial charge in [0.25, 0.3) is 0 Å². The van der Waals surface area contributed by atoms with Crippen molar-refractivity contribution in [1.29, 1.82) is 0 Å². The van der Waals surface area contributed by atoms with Gasteiger partial charge in [-0.2, -0.15) is 5.10 Å². The van der Waals surface area contributed by atoms with Crippen LogP contribution in [0.5, 0.6) is 0 Å². The molecule has 2 aromatic rings. The van der Waals surface area contributed by atoms with Crippen LogP contribution in [0.25, 0.3) is 5.82 Å². The third-order valence-corrected chi connectivity index (χ3v) is 3.04. The standard InChI is InChI=1S/C12H15ClN4O/c1-3-4-10-9(6-18)12(13)17(16-10)11-5-8(2)14-7-15-11/h5,7,18H,3-4,6H2,1-2H3. The second kappa shape index (κ2) is 5.46.